The minimum atomic E-state index is -4.80. The number of hydrogen-bond donors (Lipinski definition) is 1. The van der Waals surface area contributed by atoms with Crippen LogP contribution in [0.5, 0.6) is 0 Å². The van der Waals surface area contributed by atoms with Crippen LogP contribution in [0.25, 0.3) is 0 Å². The summed E-state index contributed by atoms with van der Waals surface area (Å²) in [7, 11) is 0. The van der Waals surface area contributed by atoms with Gasteiger partial charge in [-0.3, -0.25) is 9.80 Å². The van der Waals surface area contributed by atoms with Crippen LogP contribution in [0.1, 0.15) is 45.5 Å². The van der Waals surface area contributed by atoms with E-state index in [1.54, 1.807) is 0 Å². The summed E-state index contributed by atoms with van der Waals surface area (Å²) in [5.74, 6) is -1.49. The summed E-state index contributed by atoms with van der Waals surface area (Å²) < 4.78 is 84.4. The first kappa shape index (κ1) is 25.8. The van der Waals surface area contributed by atoms with E-state index in [2.05, 4.69) is 0 Å². The molecule has 0 bridgehead atoms. The second-order valence-corrected chi connectivity index (χ2v) is 9.05. The molecule has 0 aliphatic carbocycles. The highest BCUT2D eigenvalue weighted by atomic mass is 19.4. The van der Waals surface area contributed by atoms with Gasteiger partial charge in [-0.15, -0.1) is 0 Å². The van der Waals surface area contributed by atoms with Gasteiger partial charge in [-0.25, -0.2) is 9.59 Å². The summed E-state index contributed by atoms with van der Waals surface area (Å²) in [6.45, 7) is 1.09. The molecule has 6 nitrogen and oxygen atoms in total. The molecular weight excluding hydrogens is 494 g/mol. The first-order chi connectivity index (χ1) is 16.8. The molecule has 0 atom stereocenters. The number of rotatable bonds is 5. The number of aromatic carboxylic acids is 1. The maximum atomic E-state index is 13.5. The van der Waals surface area contributed by atoms with Crippen LogP contribution in [-0.2, 0) is 30.2 Å². The van der Waals surface area contributed by atoms with Crippen molar-refractivity contribution in [2.75, 3.05) is 19.6 Å². The first-order valence-corrected chi connectivity index (χ1v) is 11.1. The van der Waals surface area contributed by atoms with E-state index in [1.165, 1.54) is 17.0 Å². The van der Waals surface area contributed by atoms with Crippen molar-refractivity contribution in [2.24, 2.45) is 0 Å². The Morgan fingerprint density at radius 2 is 1.58 bits per heavy atom. The van der Waals surface area contributed by atoms with Gasteiger partial charge < -0.3 is 9.84 Å². The molecule has 0 radical (unpaired) electrons. The van der Waals surface area contributed by atoms with Crippen molar-refractivity contribution in [1.29, 1.82) is 0 Å². The molecule has 1 N–H and O–H groups in total. The number of amides is 1. The minimum Gasteiger partial charge on any atom is -0.478 e. The van der Waals surface area contributed by atoms with Gasteiger partial charge in [0.05, 0.1) is 23.2 Å². The van der Waals surface area contributed by atoms with E-state index in [0.717, 1.165) is 24.3 Å². The average molecular weight is 516 g/mol. The molecule has 2 aromatic rings. The molecule has 1 amide bonds. The molecule has 36 heavy (non-hydrogen) atoms. The zero-order valence-corrected chi connectivity index (χ0v) is 18.8. The van der Waals surface area contributed by atoms with Crippen molar-refractivity contribution in [3.8, 4) is 0 Å². The monoisotopic (exact) mass is 516 g/mol. The molecule has 2 aliphatic rings. The van der Waals surface area contributed by atoms with E-state index < -0.39 is 46.7 Å². The Bertz CT molecular complexity index is 1140. The summed E-state index contributed by atoms with van der Waals surface area (Å²) in [5.41, 5.74) is -2.76. The number of ether oxygens (including phenoxy) is 1. The third kappa shape index (κ3) is 5.58. The maximum absolute atomic E-state index is 13.5. The van der Waals surface area contributed by atoms with Crippen molar-refractivity contribution in [1.82, 2.24) is 9.80 Å². The summed E-state index contributed by atoms with van der Waals surface area (Å²) >= 11 is 0. The van der Waals surface area contributed by atoms with E-state index in [0.29, 0.717) is 44.1 Å². The van der Waals surface area contributed by atoms with Gasteiger partial charge in [0.15, 0.2) is 0 Å². The molecule has 2 aromatic carbocycles. The molecule has 2 aliphatic heterocycles. The number of piperidine rings is 1. The van der Waals surface area contributed by atoms with Crippen LogP contribution >= 0.6 is 0 Å². The zero-order chi connectivity index (χ0) is 26.3. The number of carboxylic acid groups (broad SMARTS) is 1. The van der Waals surface area contributed by atoms with Crippen LogP contribution < -0.4 is 0 Å². The topological polar surface area (TPSA) is 70.1 Å². The lowest BCUT2D eigenvalue weighted by Gasteiger charge is -2.37. The molecule has 1 spiro atoms. The summed E-state index contributed by atoms with van der Waals surface area (Å²) in [4.78, 5) is 26.8. The van der Waals surface area contributed by atoms with Gasteiger partial charge >= 0.3 is 24.4 Å². The Balaban J connectivity index is 1.39. The van der Waals surface area contributed by atoms with Crippen molar-refractivity contribution < 1.29 is 45.8 Å². The number of alkyl halides is 6. The molecule has 12 heteroatoms. The fourth-order valence-electron chi connectivity index (χ4n) is 4.57. The van der Waals surface area contributed by atoms with E-state index in [9.17, 15) is 35.9 Å². The number of carbonyl (C=O) groups is 2. The second-order valence-electron chi connectivity index (χ2n) is 9.05. The van der Waals surface area contributed by atoms with E-state index in [4.69, 9.17) is 9.84 Å². The zero-order valence-electron chi connectivity index (χ0n) is 18.8. The third-order valence-corrected chi connectivity index (χ3v) is 6.52. The van der Waals surface area contributed by atoms with E-state index in [-0.39, 0.29) is 18.7 Å². The SMILES string of the molecule is O=C(O)c1ccc(CN2CC3(CCN(Cc4ccc(C(F)(F)F)cc4)CC3)OC2=O)c(C(F)(F)F)c1. The number of likely N-dealkylation sites (tertiary alicyclic amines) is 1. The molecular formula is C24H22F6N2O4. The molecule has 0 unspecified atom stereocenters. The summed E-state index contributed by atoms with van der Waals surface area (Å²) in [5, 5.41) is 9.02. The number of hydrogen-bond acceptors (Lipinski definition) is 4. The maximum Gasteiger partial charge on any atom is 0.416 e. The molecule has 2 saturated heterocycles. The lowest BCUT2D eigenvalue weighted by molar-refractivity contribution is -0.138. The van der Waals surface area contributed by atoms with Gasteiger partial charge in [-0.05, 0) is 35.4 Å². The van der Waals surface area contributed by atoms with Crippen molar-refractivity contribution in [3.05, 3.63) is 70.3 Å². The highest BCUT2D eigenvalue weighted by Crippen LogP contribution is 2.37. The number of carbonyl (C=O) groups excluding carboxylic acids is 1. The number of benzene rings is 2. The van der Waals surface area contributed by atoms with E-state index >= 15 is 0 Å². The Hall–Kier alpha value is -3.28. The van der Waals surface area contributed by atoms with Gasteiger partial charge in [-0.2, -0.15) is 26.3 Å². The van der Waals surface area contributed by atoms with Crippen molar-refractivity contribution in [2.45, 2.75) is 43.9 Å². The molecule has 2 fully saturated rings. The molecule has 0 saturated carbocycles. The largest absolute Gasteiger partial charge is 0.478 e. The fraction of sp³-hybridized carbons (Fsp3) is 0.417. The predicted octanol–water partition coefficient (Wildman–Crippen LogP) is 5.41. The van der Waals surface area contributed by atoms with Crippen LogP contribution in [0.4, 0.5) is 31.1 Å². The minimum absolute atomic E-state index is 0.0813. The predicted molar refractivity (Wildman–Crippen MR) is 114 cm³/mol. The third-order valence-electron chi connectivity index (χ3n) is 6.52. The summed E-state index contributed by atoms with van der Waals surface area (Å²) in [6, 6.07) is 7.54. The molecule has 2 heterocycles. The lowest BCUT2D eigenvalue weighted by Crippen LogP contribution is -2.46. The van der Waals surface area contributed by atoms with Crippen LogP contribution in [-0.4, -0.2) is 52.2 Å². The normalized spacial score (nSPS) is 18.5. The smallest absolute Gasteiger partial charge is 0.416 e. The Morgan fingerprint density at radius 1 is 0.944 bits per heavy atom. The Morgan fingerprint density at radius 3 is 2.14 bits per heavy atom. The second kappa shape index (κ2) is 9.30. The Labute approximate surface area is 202 Å². The van der Waals surface area contributed by atoms with Crippen LogP contribution in [0.2, 0.25) is 0 Å². The van der Waals surface area contributed by atoms with Gasteiger partial charge in [0, 0.05) is 39.0 Å². The van der Waals surface area contributed by atoms with Gasteiger partial charge in [0.2, 0.25) is 0 Å². The quantitative estimate of drug-likeness (QED) is 0.539. The lowest BCUT2D eigenvalue weighted by atomic mass is 9.91. The van der Waals surface area contributed by atoms with Crippen molar-refractivity contribution >= 4 is 12.1 Å². The highest BCUT2D eigenvalue weighted by Gasteiger charge is 2.47. The molecule has 4 rings (SSSR count). The van der Waals surface area contributed by atoms with Crippen molar-refractivity contribution in [3.63, 3.8) is 0 Å². The van der Waals surface area contributed by atoms with Gasteiger partial charge in [0.25, 0.3) is 0 Å². The van der Waals surface area contributed by atoms with Crippen LogP contribution in [0, 0.1) is 0 Å². The van der Waals surface area contributed by atoms with Crippen LogP contribution in [0.3, 0.4) is 0 Å². The first-order valence-electron chi connectivity index (χ1n) is 11.1. The fourth-order valence-corrected chi connectivity index (χ4v) is 4.57. The van der Waals surface area contributed by atoms with Gasteiger partial charge in [0.1, 0.15) is 5.60 Å². The van der Waals surface area contributed by atoms with Gasteiger partial charge in [-0.1, -0.05) is 18.2 Å². The standard InChI is InChI=1S/C24H22F6N2O4/c25-23(26,27)18-5-1-15(2-6-18)12-31-9-7-22(8-10-31)14-32(21(35)36-22)13-17-4-3-16(20(33)34)11-19(17)24(28,29)30/h1-6,11H,7-10,12-14H2,(H,33,34). The number of halogens is 6. The molecule has 0 aromatic heterocycles. The summed E-state index contributed by atoms with van der Waals surface area (Å²) in [6.07, 6.45) is -9.12. The number of carboxylic acids is 1. The van der Waals surface area contributed by atoms with E-state index in [1.807, 2.05) is 4.90 Å². The average Bonchev–Trinajstić information content (AvgIpc) is 3.09. The number of nitrogens with zero attached hydrogens (tertiary/aromatic N) is 2. The molecule has 194 valence electrons. The Kier molecular flexibility index (Phi) is 6.67. The van der Waals surface area contributed by atoms with Crippen LogP contribution in [0.15, 0.2) is 42.5 Å². The highest BCUT2D eigenvalue weighted by molar-refractivity contribution is 5.88.